The molecule has 23 heavy (non-hydrogen) atoms. The van der Waals surface area contributed by atoms with Gasteiger partial charge in [0.25, 0.3) is 5.91 Å². The van der Waals surface area contributed by atoms with Gasteiger partial charge in [-0.3, -0.25) is 9.69 Å². The average Bonchev–Trinajstić information content (AvgIpc) is 3.11. The zero-order valence-corrected chi connectivity index (χ0v) is 14.6. The van der Waals surface area contributed by atoms with Gasteiger partial charge < -0.3 is 9.32 Å². The Morgan fingerprint density at radius 1 is 1.35 bits per heavy atom. The van der Waals surface area contributed by atoms with Gasteiger partial charge in [0.2, 0.25) is 0 Å². The summed E-state index contributed by atoms with van der Waals surface area (Å²) in [6.45, 7) is 8.32. The summed E-state index contributed by atoms with van der Waals surface area (Å²) in [5.74, 6) is 0.488. The summed E-state index contributed by atoms with van der Waals surface area (Å²) < 4.78 is 5.34. The summed E-state index contributed by atoms with van der Waals surface area (Å²) in [6, 6.07) is 1.84. The number of rotatable bonds is 4. The average molecular weight is 333 g/mol. The van der Waals surface area contributed by atoms with Crippen LogP contribution in [0.15, 0.2) is 22.1 Å². The van der Waals surface area contributed by atoms with Gasteiger partial charge >= 0.3 is 0 Å². The van der Waals surface area contributed by atoms with Gasteiger partial charge in [-0.15, -0.1) is 11.3 Å². The minimum Gasteiger partial charge on any atom is -0.459 e. The molecule has 0 unspecified atom stereocenters. The Morgan fingerprint density at radius 2 is 2.22 bits per heavy atom. The van der Waals surface area contributed by atoms with Crippen molar-refractivity contribution in [2.45, 2.75) is 33.2 Å². The Balaban J connectivity index is 1.58. The fraction of sp³-hybridized carbons (Fsp3) is 0.529. The Hall–Kier alpha value is -1.66. The van der Waals surface area contributed by atoms with Crippen molar-refractivity contribution in [1.82, 2.24) is 14.8 Å². The second-order valence-corrected chi connectivity index (χ2v) is 6.88. The molecule has 2 aromatic heterocycles. The third kappa shape index (κ3) is 3.82. The number of aromatic nitrogens is 1. The second kappa shape index (κ2) is 7.27. The van der Waals surface area contributed by atoms with Crippen LogP contribution in [-0.4, -0.2) is 46.9 Å². The van der Waals surface area contributed by atoms with Gasteiger partial charge in [-0.2, -0.15) is 0 Å². The molecule has 0 spiro atoms. The first-order chi connectivity index (χ1) is 11.2. The van der Waals surface area contributed by atoms with E-state index in [0.29, 0.717) is 5.76 Å². The van der Waals surface area contributed by atoms with E-state index in [-0.39, 0.29) is 5.91 Å². The van der Waals surface area contributed by atoms with E-state index < -0.39 is 0 Å². The zero-order chi connectivity index (χ0) is 16.2. The first-order valence-corrected chi connectivity index (χ1v) is 9.04. The van der Waals surface area contributed by atoms with Crippen molar-refractivity contribution in [2.75, 3.05) is 26.2 Å². The topological polar surface area (TPSA) is 49.6 Å². The van der Waals surface area contributed by atoms with Crippen LogP contribution in [0.2, 0.25) is 0 Å². The van der Waals surface area contributed by atoms with Crippen molar-refractivity contribution in [3.05, 3.63) is 39.7 Å². The van der Waals surface area contributed by atoms with Crippen LogP contribution in [0.5, 0.6) is 0 Å². The lowest BCUT2D eigenvalue weighted by Gasteiger charge is -2.21. The maximum Gasteiger partial charge on any atom is 0.289 e. The van der Waals surface area contributed by atoms with E-state index in [0.717, 1.165) is 56.8 Å². The predicted molar refractivity (Wildman–Crippen MR) is 90.7 cm³/mol. The highest BCUT2D eigenvalue weighted by Gasteiger charge is 2.23. The van der Waals surface area contributed by atoms with E-state index in [4.69, 9.17) is 4.42 Å². The lowest BCUT2D eigenvalue weighted by atomic mass is 10.2. The Morgan fingerprint density at radius 3 is 2.91 bits per heavy atom. The highest BCUT2D eigenvalue weighted by molar-refractivity contribution is 7.09. The lowest BCUT2D eigenvalue weighted by Crippen LogP contribution is -2.35. The van der Waals surface area contributed by atoms with Gasteiger partial charge in [0, 0.05) is 43.7 Å². The van der Waals surface area contributed by atoms with Gasteiger partial charge in [-0.05, 0) is 25.8 Å². The Labute approximate surface area is 140 Å². The van der Waals surface area contributed by atoms with Crippen LogP contribution < -0.4 is 0 Å². The van der Waals surface area contributed by atoms with Crippen molar-refractivity contribution in [2.24, 2.45) is 0 Å². The molecule has 1 fully saturated rings. The SMILES string of the molecule is CCc1nc(CN2CCCN(C(=O)c3occc3C)CC2)cs1. The smallest absolute Gasteiger partial charge is 0.289 e. The van der Waals surface area contributed by atoms with Crippen molar-refractivity contribution >= 4 is 17.2 Å². The molecule has 0 atom stereocenters. The van der Waals surface area contributed by atoms with Gasteiger partial charge in [0.15, 0.2) is 5.76 Å². The molecule has 0 radical (unpaired) electrons. The van der Waals surface area contributed by atoms with E-state index in [9.17, 15) is 4.79 Å². The molecule has 124 valence electrons. The van der Waals surface area contributed by atoms with Crippen LogP contribution in [0.25, 0.3) is 0 Å². The molecule has 3 rings (SSSR count). The monoisotopic (exact) mass is 333 g/mol. The molecule has 6 heteroatoms. The van der Waals surface area contributed by atoms with E-state index in [1.54, 1.807) is 17.6 Å². The summed E-state index contributed by atoms with van der Waals surface area (Å²) in [7, 11) is 0. The number of aryl methyl sites for hydroxylation is 2. The van der Waals surface area contributed by atoms with Gasteiger partial charge in [-0.25, -0.2) is 4.98 Å². The van der Waals surface area contributed by atoms with Crippen molar-refractivity contribution in [3.8, 4) is 0 Å². The quantitative estimate of drug-likeness (QED) is 0.863. The summed E-state index contributed by atoms with van der Waals surface area (Å²) in [4.78, 5) is 21.5. The lowest BCUT2D eigenvalue weighted by molar-refractivity contribution is 0.0728. The van der Waals surface area contributed by atoms with Crippen LogP contribution >= 0.6 is 11.3 Å². The molecule has 0 aromatic carbocycles. The molecule has 1 aliphatic rings. The minimum absolute atomic E-state index is 0.0104. The van der Waals surface area contributed by atoms with Crippen LogP contribution in [0.1, 0.15) is 40.2 Å². The maximum absolute atomic E-state index is 12.5. The number of carbonyl (C=O) groups is 1. The molecule has 1 aliphatic heterocycles. The standard InChI is InChI=1S/C17H23N3O2S/c1-3-15-18-14(12-23-15)11-19-6-4-7-20(9-8-19)17(21)16-13(2)5-10-22-16/h5,10,12H,3-4,6-9,11H2,1-2H3. The second-order valence-electron chi connectivity index (χ2n) is 5.94. The largest absolute Gasteiger partial charge is 0.459 e. The molecular weight excluding hydrogens is 310 g/mol. The van der Waals surface area contributed by atoms with Gasteiger partial charge in [-0.1, -0.05) is 6.92 Å². The highest BCUT2D eigenvalue weighted by Crippen LogP contribution is 2.16. The molecule has 1 saturated heterocycles. The van der Waals surface area contributed by atoms with Crippen LogP contribution in [0.4, 0.5) is 0 Å². The summed E-state index contributed by atoms with van der Waals surface area (Å²) in [6.07, 6.45) is 3.56. The van der Waals surface area contributed by atoms with Crippen molar-refractivity contribution in [1.29, 1.82) is 0 Å². The third-order valence-electron chi connectivity index (χ3n) is 4.22. The van der Waals surface area contributed by atoms with E-state index >= 15 is 0 Å². The number of hydrogen-bond acceptors (Lipinski definition) is 5. The molecule has 0 aliphatic carbocycles. The Kier molecular flexibility index (Phi) is 5.13. The molecule has 1 amide bonds. The number of nitrogens with zero attached hydrogens (tertiary/aromatic N) is 3. The normalized spacial score (nSPS) is 16.5. The zero-order valence-electron chi connectivity index (χ0n) is 13.7. The van der Waals surface area contributed by atoms with Crippen LogP contribution in [0.3, 0.4) is 0 Å². The number of hydrogen-bond donors (Lipinski definition) is 0. The predicted octanol–water partition coefficient (Wildman–Crippen LogP) is 2.96. The summed E-state index contributed by atoms with van der Waals surface area (Å²) in [5.41, 5.74) is 2.05. The summed E-state index contributed by atoms with van der Waals surface area (Å²) >= 11 is 1.73. The highest BCUT2D eigenvalue weighted by atomic mass is 32.1. The molecule has 0 saturated carbocycles. The van der Waals surface area contributed by atoms with E-state index in [1.165, 1.54) is 5.01 Å². The van der Waals surface area contributed by atoms with E-state index in [2.05, 4.69) is 22.2 Å². The minimum atomic E-state index is 0.0104. The molecular formula is C17H23N3O2S. The fourth-order valence-electron chi connectivity index (χ4n) is 2.88. The van der Waals surface area contributed by atoms with Gasteiger partial charge in [0.1, 0.15) is 0 Å². The first kappa shape index (κ1) is 16.2. The first-order valence-electron chi connectivity index (χ1n) is 8.16. The summed E-state index contributed by atoms with van der Waals surface area (Å²) in [5, 5.41) is 3.35. The van der Waals surface area contributed by atoms with E-state index in [1.807, 2.05) is 17.9 Å². The third-order valence-corrected chi connectivity index (χ3v) is 5.26. The van der Waals surface area contributed by atoms with Crippen molar-refractivity contribution < 1.29 is 9.21 Å². The number of furan rings is 1. The van der Waals surface area contributed by atoms with Gasteiger partial charge in [0.05, 0.1) is 17.0 Å². The molecule has 2 aromatic rings. The van der Waals surface area contributed by atoms with Crippen molar-refractivity contribution in [3.63, 3.8) is 0 Å². The molecule has 3 heterocycles. The number of thiazole rings is 1. The van der Waals surface area contributed by atoms with Crippen LogP contribution in [-0.2, 0) is 13.0 Å². The molecule has 0 N–H and O–H groups in total. The maximum atomic E-state index is 12.5. The molecule has 0 bridgehead atoms. The fourth-order valence-corrected chi connectivity index (χ4v) is 3.62. The number of amides is 1. The van der Waals surface area contributed by atoms with Crippen LogP contribution in [0, 0.1) is 6.92 Å². The molecule has 5 nitrogen and oxygen atoms in total. The Bertz CT molecular complexity index is 664. The number of carbonyl (C=O) groups excluding carboxylic acids is 1.